The molecule has 126 valence electrons. The lowest BCUT2D eigenvalue weighted by atomic mass is 10.1. The van der Waals surface area contributed by atoms with Crippen molar-refractivity contribution >= 4 is 34.2 Å². The number of halogens is 5. The van der Waals surface area contributed by atoms with Gasteiger partial charge in [-0.15, -0.1) is 0 Å². The Hall–Kier alpha value is -1.40. The molecule has 0 bridgehead atoms. The van der Waals surface area contributed by atoms with E-state index in [1.807, 2.05) is 0 Å². The molecule has 2 aromatic rings. The SMILES string of the molecule is Cc1c(C(F)(F)F)c(=O)oc2c(Cl)c(OC(C)(C)C)c(Cl)cc12. The van der Waals surface area contributed by atoms with Crippen LogP contribution in [0.2, 0.25) is 10.0 Å². The van der Waals surface area contributed by atoms with E-state index < -0.39 is 23.0 Å². The van der Waals surface area contributed by atoms with E-state index in [4.69, 9.17) is 32.4 Å². The van der Waals surface area contributed by atoms with Gasteiger partial charge in [-0.2, -0.15) is 13.2 Å². The van der Waals surface area contributed by atoms with Crippen molar-refractivity contribution in [1.82, 2.24) is 0 Å². The number of fused-ring (bicyclic) bond motifs is 1. The summed E-state index contributed by atoms with van der Waals surface area (Å²) in [7, 11) is 0. The Morgan fingerprint density at radius 1 is 1.17 bits per heavy atom. The highest BCUT2D eigenvalue weighted by Gasteiger charge is 2.38. The first kappa shape index (κ1) is 17.9. The highest BCUT2D eigenvalue weighted by molar-refractivity contribution is 6.40. The fraction of sp³-hybridized carbons (Fsp3) is 0.400. The van der Waals surface area contributed by atoms with E-state index in [0.29, 0.717) is 0 Å². The van der Waals surface area contributed by atoms with Crippen LogP contribution in [-0.4, -0.2) is 5.60 Å². The molecule has 0 spiro atoms. The van der Waals surface area contributed by atoms with Crippen LogP contribution in [0.25, 0.3) is 11.0 Å². The molecule has 0 N–H and O–H groups in total. The van der Waals surface area contributed by atoms with Crippen LogP contribution in [0.15, 0.2) is 15.3 Å². The third kappa shape index (κ3) is 3.43. The Labute approximate surface area is 139 Å². The van der Waals surface area contributed by atoms with Gasteiger partial charge in [0.1, 0.15) is 16.2 Å². The van der Waals surface area contributed by atoms with Crippen molar-refractivity contribution < 1.29 is 22.3 Å². The van der Waals surface area contributed by atoms with E-state index in [-0.39, 0.29) is 32.3 Å². The molecule has 0 fully saturated rings. The number of aryl methyl sites for hydroxylation is 1. The molecule has 2 rings (SSSR count). The monoisotopic (exact) mass is 368 g/mol. The van der Waals surface area contributed by atoms with Crippen molar-refractivity contribution in [3.05, 3.63) is 37.7 Å². The second-order valence-electron chi connectivity index (χ2n) is 5.98. The second kappa shape index (κ2) is 5.60. The maximum absolute atomic E-state index is 13.0. The summed E-state index contributed by atoms with van der Waals surface area (Å²) < 4.78 is 49.4. The van der Waals surface area contributed by atoms with Crippen molar-refractivity contribution in [2.45, 2.75) is 39.5 Å². The van der Waals surface area contributed by atoms with E-state index >= 15 is 0 Å². The summed E-state index contributed by atoms with van der Waals surface area (Å²) in [5.41, 5.74) is -4.02. The number of hydrogen-bond donors (Lipinski definition) is 0. The van der Waals surface area contributed by atoms with E-state index in [9.17, 15) is 18.0 Å². The summed E-state index contributed by atoms with van der Waals surface area (Å²) in [6, 6.07) is 1.25. The van der Waals surface area contributed by atoms with Crippen LogP contribution in [0.5, 0.6) is 5.75 Å². The third-order valence-electron chi connectivity index (χ3n) is 3.00. The maximum atomic E-state index is 13.0. The number of alkyl halides is 3. The quantitative estimate of drug-likeness (QED) is 0.614. The molecule has 0 aliphatic rings. The molecular formula is C15H13Cl2F3O3. The van der Waals surface area contributed by atoms with Gasteiger partial charge in [0.05, 0.1) is 5.02 Å². The normalized spacial score (nSPS) is 12.7. The average Bonchev–Trinajstić information content (AvgIpc) is 2.33. The zero-order valence-corrected chi connectivity index (χ0v) is 14.2. The van der Waals surface area contributed by atoms with E-state index in [1.165, 1.54) is 13.0 Å². The molecule has 1 aromatic heterocycles. The molecule has 0 aliphatic heterocycles. The highest BCUT2D eigenvalue weighted by Crippen LogP contribution is 2.43. The fourth-order valence-electron chi connectivity index (χ4n) is 2.12. The standard InChI is InChI=1S/C15H13Cl2F3O3/c1-6-7-5-8(16)12(23-14(2,3)4)10(17)11(7)22-13(21)9(6)15(18,19)20/h5H,1-4H3. The molecule has 23 heavy (non-hydrogen) atoms. The Kier molecular flexibility index (Phi) is 4.37. The molecule has 0 saturated heterocycles. The van der Waals surface area contributed by atoms with Gasteiger partial charge in [0.15, 0.2) is 11.3 Å². The summed E-state index contributed by atoms with van der Waals surface area (Å²) in [4.78, 5) is 11.7. The van der Waals surface area contributed by atoms with Gasteiger partial charge in [-0.25, -0.2) is 4.79 Å². The van der Waals surface area contributed by atoms with Crippen LogP contribution in [-0.2, 0) is 6.18 Å². The minimum atomic E-state index is -4.83. The van der Waals surface area contributed by atoms with Gasteiger partial charge in [-0.05, 0) is 39.3 Å². The number of hydrogen-bond acceptors (Lipinski definition) is 3. The smallest absolute Gasteiger partial charge is 0.423 e. The molecule has 0 amide bonds. The molecule has 0 aliphatic carbocycles. The fourth-order valence-corrected chi connectivity index (χ4v) is 2.69. The van der Waals surface area contributed by atoms with Gasteiger partial charge in [-0.3, -0.25) is 0 Å². The van der Waals surface area contributed by atoms with E-state index in [0.717, 1.165) is 0 Å². The van der Waals surface area contributed by atoms with Crippen LogP contribution < -0.4 is 10.4 Å². The second-order valence-corrected chi connectivity index (χ2v) is 6.77. The molecule has 0 saturated carbocycles. The summed E-state index contributed by atoms with van der Waals surface area (Å²) in [5.74, 6) is 0.0515. The Morgan fingerprint density at radius 3 is 2.22 bits per heavy atom. The summed E-state index contributed by atoms with van der Waals surface area (Å²) >= 11 is 12.2. The van der Waals surface area contributed by atoms with Gasteiger partial charge < -0.3 is 9.15 Å². The maximum Gasteiger partial charge on any atom is 0.423 e. The zero-order valence-electron chi connectivity index (χ0n) is 12.7. The lowest BCUT2D eigenvalue weighted by Crippen LogP contribution is -2.23. The molecule has 0 unspecified atom stereocenters. The minimum absolute atomic E-state index is 0.00758. The predicted octanol–water partition coefficient (Wildman–Crippen LogP) is 5.60. The molecule has 0 radical (unpaired) electrons. The first-order chi connectivity index (χ1) is 10.3. The van der Waals surface area contributed by atoms with Crippen LogP contribution >= 0.6 is 23.2 Å². The van der Waals surface area contributed by atoms with Gasteiger partial charge in [0.2, 0.25) is 0 Å². The molecular weight excluding hydrogens is 356 g/mol. The van der Waals surface area contributed by atoms with Crippen molar-refractivity contribution in [2.75, 3.05) is 0 Å². The largest absolute Gasteiger partial charge is 0.485 e. The topological polar surface area (TPSA) is 39.4 Å². The van der Waals surface area contributed by atoms with Crippen molar-refractivity contribution in [3.8, 4) is 5.75 Å². The van der Waals surface area contributed by atoms with Gasteiger partial charge >= 0.3 is 11.8 Å². The molecule has 3 nitrogen and oxygen atoms in total. The third-order valence-corrected chi connectivity index (χ3v) is 3.62. The van der Waals surface area contributed by atoms with Crippen LogP contribution in [0.3, 0.4) is 0 Å². The number of rotatable bonds is 1. The zero-order chi connectivity index (χ0) is 17.7. The van der Waals surface area contributed by atoms with Crippen LogP contribution in [0, 0.1) is 6.92 Å². The Balaban J connectivity index is 2.86. The van der Waals surface area contributed by atoms with Crippen LogP contribution in [0.4, 0.5) is 13.2 Å². The lowest BCUT2D eigenvalue weighted by Gasteiger charge is -2.23. The lowest BCUT2D eigenvalue weighted by molar-refractivity contribution is -0.140. The van der Waals surface area contributed by atoms with Gasteiger partial charge in [0, 0.05) is 5.39 Å². The summed E-state index contributed by atoms with van der Waals surface area (Å²) in [6.45, 7) is 6.41. The highest BCUT2D eigenvalue weighted by atomic mass is 35.5. The molecule has 1 aromatic carbocycles. The molecule has 1 heterocycles. The first-order valence-electron chi connectivity index (χ1n) is 6.54. The first-order valence-corrected chi connectivity index (χ1v) is 7.30. The summed E-state index contributed by atoms with van der Waals surface area (Å²) in [6.07, 6.45) is -4.83. The number of benzene rings is 1. The average molecular weight is 369 g/mol. The van der Waals surface area contributed by atoms with Crippen molar-refractivity contribution in [1.29, 1.82) is 0 Å². The van der Waals surface area contributed by atoms with Gasteiger partial charge in [-0.1, -0.05) is 23.2 Å². The Bertz CT molecular complexity index is 833. The molecule has 0 atom stereocenters. The van der Waals surface area contributed by atoms with E-state index in [2.05, 4.69) is 0 Å². The van der Waals surface area contributed by atoms with Crippen LogP contribution in [0.1, 0.15) is 31.9 Å². The Morgan fingerprint density at radius 2 is 1.74 bits per heavy atom. The van der Waals surface area contributed by atoms with E-state index in [1.54, 1.807) is 20.8 Å². The minimum Gasteiger partial charge on any atom is -0.485 e. The molecule has 8 heteroatoms. The van der Waals surface area contributed by atoms with Crippen molar-refractivity contribution in [2.24, 2.45) is 0 Å². The number of ether oxygens (including phenoxy) is 1. The summed E-state index contributed by atoms with van der Waals surface area (Å²) in [5, 5.41) is -0.105. The van der Waals surface area contributed by atoms with Gasteiger partial charge in [0.25, 0.3) is 0 Å². The predicted molar refractivity (Wildman–Crippen MR) is 82.6 cm³/mol. The van der Waals surface area contributed by atoms with Crippen molar-refractivity contribution in [3.63, 3.8) is 0 Å².